The molecule has 0 amide bonds. The fourth-order valence-electron chi connectivity index (χ4n) is 4.63. The minimum atomic E-state index is -1.09. The quantitative estimate of drug-likeness (QED) is 0.387. The van der Waals surface area contributed by atoms with Crippen molar-refractivity contribution in [3.63, 3.8) is 0 Å². The van der Waals surface area contributed by atoms with E-state index in [0.717, 1.165) is 22.3 Å². The topological polar surface area (TPSA) is 106 Å². The van der Waals surface area contributed by atoms with Crippen molar-refractivity contribution in [1.29, 1.82) is 0 Å². The first kappa shape index (κ1) is 25.6. The molecule has 0 radical (unpaired) electrons. The second-order valence-corrected chi connectivity index (χ2v) is 8.76. The van der Waals surface area contributed by atoms with Gasteiger partial charge < -0.3 is 19.9 Å². The molecular formula is C30H25FN4O4. The van der Waals surface area contributed by atoms with Crippen molar-refractivity contribution in [3.8, 4) is 11.5 Å². The maximum absolute atomic E-state index is 15.2. The summed E-state index contributed by atoms with van der Waals surface area (Å²) in [6.45, 7) is 2.14. The molecule has 1 aliphatic heterocycles. The third-order valence-corrected chi connectivity index (χ3v) is 6.41. The highest BCUT2D eigenvalue weighted by Crippen LogP contribution is 2.38. The smallest absolute Gasteiger partial charge is 0.339 e. The van der Waals surface area contributed by atoms with Gasteiger partial charge in [-0.15, -0.1) is 5.73 Å². The molecule has 0 fully saturated rings. The molecule has 2 heterocycles. The first-order valence-electron chi connectivity index (χ1n) is 12.2. The van der Waals surface area contributed by atoms with Crippen LogP contribution in [0.1, 0.15) is 40.5 Å². The van der Waals surface area contributed by atoms with Crippen LogP contribution >= 0.6 is 0 Å². The molecule has 0 atom stereocenters. The number of fused-ring (bicyclic) bond motifs is 2. The zero-order chi connectivity index (χ0) is 27.5. The van der Waals surface area contributed by atoms with Crippen LogP contribution in [0.2, 0.25) is 0 Å². The predicted octanol–water partition coefficient (Wildman–Crippen LogP) is 5.89. The molecular weight excluding hydrogens is 499 g/mol. The third-order valence-electron chi connectivity index (χ3n) is 6.41. The second-order valence-electron chi connectivity index (χ2n) is 8.76. The molecule has 0 saturated carbocycles. The van der Waals surface area contributed by atoms with E-state index in [-0.39, 0.29) is 17.9 Å². The van der Waals surface area contributed by atoms with Crippen LogP contribution in [-0.4, -0.2) is 41.0 Å². The van der Waals surface area contributed by atoms with Crippen molar-refractivity contribution in [2.45, 2.75) is 19.9 Å². The SMILES string of the molecule is CC=C=C1C=CC2=C(C1)C(c1c(F)cccc1OC)=NCc1cnc(Nc3ccc(C(=O)O)c(OC)c3)nc12. The van der Waals surface area contributed by atoms with Gasteiger partial charge in [0.15, 0.2) is 0 Å². The highest BCUT2D eigenvalue weighted by Gasteiger charge is 2.28. The van der Waals surface area contributed by atoms with E-state index in [4.69, 9.17) is 19.5 Å². The standard InChI is InChI=1S/C30H25FN4O4/c1-4-6-17-9-11-20-22(13-17)28(26-23(31)7-5-8-24(26)38-2)32-15-18-16-33-30(35-27(18)20)34-19-10-12-21(29(36)37)25(14-19)39-3/h4-5,7-12,14,16H,13,15H2,1-3H3,(H,36,37)(H,33,34,35). The molecule has 5 rings (SSSR count). The molecule has 0 bridgehead atoms. The number of aliphatic imine (C=N–C) groups is 1. The van der Waals surface area contributed by atoms with Gasteiger partial charge in [0, 0.05) is 35.5 Å². The Morgan fingerprint density at radius 1 is 1.15 bits per heavy atom. The number of carboxylic acid groups (broad SMARTS) is 1. The van der Waals surface area contributed by atoms with Crippen molar-refractivity contribution in [2.75, 3.05) is 19.5 Å². The van der Waals surface area contributed by atoms with Gasteiger partial charge in [-0.25, -0.2) is 19.2 Å². The first-order valence-corrected chi connectivity index (χ1v) is 12.2. The van der Waals surface area contributed by atoms with Gasteiger partial charge >= 0.3 is 5.97 Å². The fourth-order valence-corrected chi connectivity index (χ4v) is 4.63. The maximum Gasteiger partial charge on any atom is 0.339 e. The Balaban J connectivity index is 1.62. The number of halogens is 1. The summed E-state index contributed by atoms with van der Waals surface area (Å²) < 4.78 is 26.0. The number of benzene rings is 2. The molecule has 39 heavy (non-hydrogen) atoms. The van der Waals surface area contributed by atoms with Crippen molar-refractivity contribution in [2.24, 2.45) is 4.99 Å². The van der Waals surface area contributed by atoms with Crippen LogP contribution < -0.4 is 14.8 Å². The van der Waals surface area contributed by atoms with Crippen LogP contribution in [0, 0.1) is 5.82 Å². The maximum atomic E-state index is 15.2. The summed E-state index contributed by atoms with van der Waals surface area (Å²) in [5, 5.41) is 12.5. The minimum Gasteiger partial charge on any atom is -0.496 e. The van der Waals surface area contributed by atoms with Crippen molar-refractivity contribution in [3.05, 3.63) is 106 Å². The van der Waals surface area contributed by atoms with Gasteiger partial charge in [0.05, 0.1) is 37.7 Å². The number of hydrogen-bond acceptors (Lipinski definition) is 7. The highest BCUT2D eigenvalue weighted by atomic mass is 19.1. The first-order chi connectivity index (χ1) is 18.9. The summed E-state index contributed by atoms with van der Waals surface area (Å²) in [6, 6.07) is 9.36. The number of rotatable bonds is 6. The average Bonchev–Trinajstić information content (AvgIpc) is 3.09. The van der Waals surface area contributed by atoms with Gasteiger partial charge in [0.1, 0.15) is 22.9 Å². The zero-order valence-electron chi connectivity index (χ0n) is 21.6. The lowest BCUT2D eigenvalue weighted by atomic mass is 9.86. The normalized spacial score (nSPS) is 13.9. The van der Waals surface area contributed by atoms with Gasteiger partial charge in [-0.2, -0.15) is 0 Å². The van der Waals surface area contributed by atoms with Gasteiger partial charge in [0.25, 0.3) is 0 Å². The number of aromatic nitrogens is 2. The average molecular weight is 525 g/mol. The van der Waals surface area contributed by atoms with Crippen LogP contribution in [0.3, 0.4) is 0 Å². The number of carbonyl (C=O) groups is 1. The lowest BCUT2D eigenvalue weighted by molar-refractivity contribution is 0.0693. The van der Waals surface area contributed by atoms with Crippen LogP contribution in [0.4, 0.5) is 16.0 Å². The molecule has 0 unspecified atom stereocenters. The Morgan fingerprint density at radius 3 is 2.72 bits per heavy atom. The van der Waals surface area contributed by atoms with Gasteiger partial charge in [-0.05, 0) is 48.4 Å². The summed E-state index contributed by atoms with van der Waals surface area (Å²) in [5.41, 5.74) is 8.63. The van der Waals surface area contributed by atoms with E-state index in [1.54, 1.807) is 30.5 Å². The summed E-state index contributed by atoms with van der Waals surface area (Å²) in [7, 11) is 2.92. The predicted molar refractivity (Wildman–Crippen MR) is 146 cm³/mol. The number of nitrogens with zero attached hydrogens (tertiary/aromatic N) is 3. The Bertz CT molecular complexity index is 1650. The summed E-state index contributed by atoms with van der Waals surface area (Å²) >= 11 is 0. The fraction of sp³-hybridized carbons (Fsp3) is 0.167. The lowest BCUT2D eigenvalue weighted by Crippen LogP contribution is -2.13. The molecule has 1 aliphatic carbocycles. The van der Waals surface area contributed by atoms with E-state index in [0.29, 0.717) is 40.8 Å². The molecule has 2 aromatic carbocycles. The van der Waals surface area contributed by atoms with E-state index in [1.165, 1.54) is 26.4 Å². The second kappa shape index (κ2) is 10.8. The van der Waals surface area contributed by atoms with Crippen LogP contribution in [0.5, 0.6) is 11.5 Å². The molecule has 3 aromatic rings. The summed E-state index contributed by atoms with van der Waals surface area (Å²) in [5.74, 6) is -0.602. The number of anilines is 2. The van der Waals surface area contributed by atoms with Crippen molar-refractivity contribution >= 4 is 28.9 Å². The van der Waals surface area contributed by atoms with Crippen LogP contribution in [-0.2, 0) is 6.54 Å². The molecule has 0 saturated heterocycles. The molecule has 0 spiro atoms. The summed E-state index contributed by atoms with van der Waals surface area (Å²) in [6.07, 6.45) is 7.92. The number of nitrogens with one attached hydrogen (secondary N) is 1. The van der Waals surface area contributed by atoms with Gasteiger partial charge in [-0.1, -0.05) is 18.2 Å². The number of carboxylic acids is 1. The largest absolute Gasteiger partial charge is 0.496 e. The molecule has 196 valence electrons. The number of ether oxygens (including phenoxy) is 2. The van der Waals surface area contributed by atoms with E-state index < -0.39 is 11.8 Å². The number of allylic oxidation sites excluding steroid dienone is 5. The zero-order valence-corrected chi connectivity index (χ0v) is 21.6. The molecule has 9 heteroatoms. The monoisotopic (exact) mass is 524 g/mol. The van der Waals surface area contributed by atoms with Crippen LogP contribution in [0.15, 0.2) is 82.7 Å². The Labute approximate surface area is 224 Å². The third kappa shape index (κ3) is 4.95. The summed E-state index contributed by atoms with van der Waals surface area (Å²) in [4.78, 5) is 25.5. The minimum absolute atomic E-state index is 0.0475. The number of methoxy groups -OCH3 is 2. The number of hydrogen-bond donors (Lipinski definition) is 2. The van der Waals surface area contributed by atoms with Crippen molar-refractivity contribution in [1.82, 2.24) is 9.97 Å². The Morgan fingerprint density at radius 2 is 1.97 bits per heavy atom. The van der Waals surface area contributed by atoms with E-state index in [9.17, 15) is 9.90 Å². The Kier molecular flexibility index (Phi) is 7.08. The van der Waals surface area contributed by atoms with E-state index in [1.807, 2.05) is 25.2 Å². The van der Waals surface area contributed by atoms with E-state index in [2.05, 4.69) is 16.0 Å². The van der Waals surface area contributed by atoms with Gasteiger partial charge in [-0.3, -0.25) is 4.99 Å². The number of aromatic carboxylic acids is 1. The molecule has 8 nitrogen and oxygen atoms in total. The molecule has 1 aromatic heterocycles. The van der Waals surface area contributed by atoms with Crippen molar-refractivity contribution < 1.29 is 23.8 Å². The highest BCUT2D eigenvalue weighted by molar-refractivity contribution is 6.20. The van der Waals surface area contributed by atoms with Crippen LogP contribution in [0.25, 0.3) is 5.57 Å². The molecule has 2 aliphatic rings. The van der Waals surface area contributed by atoms with Gasteiger partial charge in [0.2, 0.25) is 5.95 Å². The Hall–Kier alpha value is -5.01. The lowest BCUT2D eigenvalue weighted by Gasteiger charge is -2.20. The molecule has 2 N–H and O–H groups in total. The van der Waals surface area contributed by atoms with E-state index >= 15 is 4.39 Å².